The van der Waals surface area contributed by atoms with Crippen LogP contribution >= 0.6 is 11.8 Å². The second kappa shape index (κ2) is 5.43. The molecule has 0 aliphatic carbocycles. The van der Waals surface area contributed by atoms with Crippen LogP contribution in [-0.2, 0) is 4.79 Å². The number of carbonyl (C=O) groups excluding carboxylic acids is 1. The van der Waals surface area contributed by atoms with Crippen LogP contribution in [0.1, 0.15) is 25.7 Å². The van der Waals surface area contributed by atoms with Gasteiger partial charge in [-0.15, -0.1) is 22.0 Å². The van der Waals surface area contributed by atoms with Crippen LogP contribution in [0.3, 0.4) is 0 Å². The molecular formula is C9H14N6O3S. The number of hydrogen-bond acceptors (Lipinski definition) is 6. The molecule has 2 heterocycles. The minimum Gasteiger partial charge on any atom is -0.480 e. The maximum absolute atomic E-state index is 12.1. The highest BCUT2D eigenvalue weighted by Gasteiger charge is 2.40. The number of H-pyrrole nitrogens is 1. The van der Waals surface area contributed by atoms with Crippen LogP contribution in [0.25, 0.3) is 0 Å². The Bertz CT molecular complexity index is 467. The lowest BCUT2D eigenvalue weighted by atomic mass is 10.3. The Labute approximate surface area is 113 Å². The highest BCUT2D eigenvalue weighted by atomic mass is 32.2. The number of nitrogens with zero attached hydrogens (tertiary/aromatic N) is 4. The molecule has 3 N–H and O–H groups in total. The molecule has 104 valence electrons. The number of aromatic amines is 1. The van der Waals surface area contributed by atoms with Crippen LogP contribution < -0.4 is 5.32 Å². The van der Waals surface area contributed by atoms with Gasteiger partial charge in [-0.1, -0.05) is 5.21 Å². The summed E-state index contributed by atoms with van der Waals surface area (Å²) in [7, 11) is 0. The summed E-state index contributed by atoms with van der Waals surface area (Å²) in [6, 6.07) is -1.70. The molecule has 1 aliphatic heterocycles. The maximum atomic E-state index is 12.1. The molecule has 1 aromatic rings. The first-order chi connectivity index (χ1) is 9.00. The fourth-order valence-corrected chi connectivity index (χ4v) is 2.99. The molecule has 19 heavy (non-hydrogen) atoms. The first-order valence-corrected chi connectivity index (χ1v) is 6.72. The van der Waals surface area contributed by atoms with Crippen molar-refractivity contribution in [3.05, 3.63) is 5.82 Å². The van der Waals surface area contributed by atoms with E-state index in [-0.39, 0.29) is 5.37 Å². The molecule has 1 saturated heterocycles. The summed E-state index contributed by atoms with van der Waals surface area (Å²) in [6.07, 6.45) is 0. The third-order valence-corrected chi connectivity index (χ3v) is 4.05. The van der Waals surface area contributed by atoms with Crippen molar-refractivity contribution in [2.45, 2.75) is 31.3 Å². The summed E-state index contributed by atoms with van der Waals surface area (Å²) in [4.78, 5) is 24.6. The Morgan fingerprint density at radius 2 is 2.37 bits per heavy atom. The number of carbonyl (C=O) groups is 2. The number of thioether (sulfide) groups is 1. The van der Waals surface area contributed by atoms with Gasteiger partial charge >= 0.3 is 12.0 Å². The number of aliphatic carboxylic acids is 1. The summed E-state index contributed by atoms with van der Waals surface area (Å²) in [6.45, 7) is 3.50. The van der Waals surface area contributed by atoms with Gasteiger partial charge in [0.15, 0.2) is 5.82 Å². The number of tetrazole rings is 1. The highest BCUT2D eigenvalue weighted by Crippen LogP contribution is 2.29. The summed E-state index contributed by atoms with van der Waals surface area (Å²) >= 11 is 1.43. The zero-order valence-electron chi connectivity index (χ0n) is 10.4. The summed E-state index contributed by atoms with van der Waals surface area (Å²) in [5.74, 6) is -0.264. The molecule has 0 spiro atoms. The summed E-state index contributed by atoms with van der Waals surface area (Å²) in [5.41, 5.74) is 0. The number of aromatic nitrogens is 4. The van der Waals surface area contributed by atoms with Crippen molar-refractivity contribution in [1.29, 1.82) is 0 Å². The van der Waals surface area contributed by atoms with Crippen molar-refractivity contribution in [2.24, 2.45) is 0 Å². The number of carboxylic acid groups (broad SMARTS) is 1. The van der Waals surface area contributed by atoms with E-state index in [2.05, 4.69) is 25.9 Å². The van der Waals surface area contributed by atoms with Crippen LogP contribution in [0.15, 0.2) is 0 Å². The number of nitrogens with one attached hydrogen (secondary N) is 2. The van der Waals surface area contributed by atoms with Crippen LogP contribution in [0, 0.1) is 0 Å². The first-order valence-electron chi connectivity index (χ1n) is 5.67. The summed E-state index contributed by atoms with van der Waals surface area (Å²) < 4.78 is 0. The third-order valence-electron chi connectivity index (χ3n) is 2.83. The lowest BCUT2D eigenvalue weighted by Crippen LogP contribution is -2.50. The van der Waals surface area contributed by atoms with E-state index in [4.69, 9.17) is 5.11 Å². The lowest BCUT2D eigenvalue weighted by molar-refractivity contribution is -0.141. The van der Waals surface area contributed by atoms with E-state index in [1.165, 1.54) is 16.7 Å². The Hall–Kier alpha value is -1.84. The van der Waals surface area contributed by atoms with E-state index in [0.29, 0.717) is 11.6 Å². The quantitative estimate of drug-likeness (QED) is 0.704. The van der Waals surface area contributed by atoms with Gasteiger partial charge in [0.25, 0.3) is 0 Å². The van der Waals surface area contributed by atoms with Gasteiger partial charge in [0.05, 0.1) is 11.4 Å². The van der Waals surface area contributed by atoms with Crippen molar-refractivity contribution in [3.63, 3.8) is 0 Å². The van der Waals surface area contributed by atoms with Crippen molar-refractivity contribution in [1.82, 2.24) is 30.8 Å². The Morgan fingerprint density at radius 1 is 1.63 bits per heavy atom. The van der Waals surface area contributed by atoms with Gasteiger partial charge in [-0.25, -0.2) is 9.59 Å². The minimum atomic E-state index is -1.00. The van der Waals surface area contributed by atoms with Crippen molar-refractivity contribution < 1.29 is 14.7 Å². The Kier molecular flexibility index (Phi) is 3.88. The van der Waals surface area contributed by atoms with Crippen LogP contribution in [-0.4, -0.2) is 59.8 Å². The number of rotatable bonds is 3. The topological polar surface area (TPSA) is 124 Å². The molecule has 0 bridgehead atoms. The number of hydrogen-bond donors (Lipinski definition) is 3. The fraction of sp³-hybridized carbons (Fsp3) is 0.667. The van der Waals surface area contributed by atoms with Crippen molar-refractivity contribution >= 4 is 23.8 Å². The van der Waals surface area contributed by atoms with Gasteiger partial charge in [-0.3, -0.25) is 4.90 Å². The average molecular weight is 286 g/mol. The molecule has 0 aromatic carbocycles. The van der Waals surface area contributed by atoms with Crippen LogP contribution in [0.4, 0.5) is 4.79 Å². The molecule has 10 heteroatoms. The smallest absolute Gasteiger partial charge is 0.327 e. The number of urea groups is 1. The standard InChI is InChI=1S/C9H14N6O3S/c1-4(7-11-13-14-12-7)10-9(18)15-5(2)19-3-6(15)8(16)17/h4-6H,3H2,1-2H3,(H,10,18)(H,16,17)(H,11,12,13,14). The molecule has 2 rings (SSSR count). The van der Waals surface area contributed by atoms with Gasteiger partial charge in [-0.05, 0) is 13.8 Å². The normalized spacial score (nSPS) is 24.2. The predicted octanol–water partition coefficient (Wildman–Crippen LogP) is -0.182. The maximum Gasteiger partial charge on any atom is 0.327 e. The molecule has 2 amide bonds. The highest BCUT2D eigenvalue weighted by molar-refractivity contribution is 8.00. The molecule has 9 nitrogen and oxygen atoms in total. The average Bonchev–Trinajstić information content (AvgIpc) is 2.96. The molecule has 1 aromatic heterocycles. The zero-order chi connectivity index (χ0) is 14.0. The van der Waals surface area contributed by atoms with E-state index in [9.17, 15) is 9.59 Å². The first kappa shape index (κ1) is 13.6. The predicted molar refractivity (Wildman–Crippen MR) is 66.3 cm³/mol. The van der Waals surface area contributed by atoms with E-state index < -0.39 is 24.1 Å². The number of amides is 2. The van der Waals surface area contributed by atoms with Crippen molar-refractivity contribution in [3.8, 4) is 0 Å². The number of carboxylic acids is 1. The monoisotopic (exact) mass is 286 g/mol. The van der Waals surface area contributed by atoms with Crippen LogP contribution in [0.5, 0.6) is 0 Å². The molecule has 3 unspecified atom stereocenters. The molecule has 1 fully saturated rings. The minimum absolute atomic E-state index is 0.182. The third kappa shape index (κ3) is 2.78. The van der Waals surface area contributed by atoms with E-state index in [1.807, 2.05) is 0 Å². The van der Waals surface area contributed by atoms with E-state index in [0.717, 1.165) is 0 Å². The van der Waals surface area contributed by atoms with Gasteiger partial charge in [0.2, 0.25) is 0 Å². The zero-order valence-corrected chi connectivity index (χ0v) is 11.2. The van der Waals surface area contributed by atoms with Gasteiger partial charge in [0, 0.05) is 5.75 Å². The molecular weight excluding hydrogens is 272 g/mol. The van der Waals surface area contributed by atoms with Gasteiger partial charge in [-0.2, -0.15) is 5.21 Å². The Balaban J connectivity index is 2.04. The second-order valence-electron chi connectivity index (χ2n) is 4.14. The molecule has 0 saturated carbocycles. The van der Waals surface area contributed by atoms with Gasteiger partial charge < -0.3 is 10.4 Å². The van der Waals surface area contributed by atoms with Gasteiger partial charge in [0.1, 0.15) is 6.04 Å². The second-order valence-corrected chi connectivity index (χ2v) is 5.48. The molecule has 1 aliphatic rings. The van der Waals surface area contributed by atoms with E-state index in [1.54, 1.807) is 13.8 Å². The largest absolute Gasteiger partial charge is 0.480 e. The lowest BCUT2D eigenvalue weighted by Gasteiger charge is -2.26. The molecule has 3 atom stereocenters. The van der Waals surface area contributed by atoms with Crippen molar-refractivity contribution in [2.75, 3.05) is 5.75 Å². The Morgan fingerprint density at radius 3 is 2.95 bits per heavy atom. The molecule has 0 radical (unpaired) electrons. The summed E-state index contributed by atoms with van der Waals surface area (Å²) in [5, 5.41) is 24.8. The van der Waals surface area contributed by atoms with Crippen LogP contribution in [0.2, 0.25) is 0 Å². The SMILES string of the molecule is CC(NC(=O)N1C(C)SCC1C(=O)O)c1nn[nH]n1. The fourth-order valence-electron chi connectivity index (χ4n) is 1.82. The van der Waals surface area contributed by atoms with E-state index >= 15 is 0 Å².